The lowest BCUT2D eigenvalue weighted by Gasteiger charge is -2.22. The van der Waals surface area contributed by atoms with E-state index in [4.69, 9.17) is 4.74 Å². The van der Waals surface area contributed by atoms with Gasteiger partial charge in [0.05, 0.1) is 4.90 Å². The Labute approximate surface area is 118 Å². The van der Waals surface area contributed by atoms with Crippen LogP contribution in [0, 0.1) is 5.82 Å². The Balaban J connectivity index is 2.84. The quantitative estimate of drug-likeness (QED) is 0.861. The predicted molar refractivity (Wildman–Crippen MR) is 72.0 cm³/mol. The van der Waals surface area contributed by atoms with E-state index in [9.17, 15) is 17.6 Å². The van der Waals surface area contributed by atoms with Crippen molar-refractivity contribution in [2.75, 3.05) is 0 Å². The van der Waals surface area contributed by atoms with Crippen molar-refractivity contribution >= 4 is 16.0 Å². The highest BCUT2D eigenvalue weighted by Gasteiger charge is 2.26. The second-order valence-corrected chi connectivity index (χ2v) is 7.05. The number of rotatable bonds is 4. The van der Waals surface area contributed by atoms with Crippen LogP contribution in [-0.4, -0.2) is 26.0 Å². The van der Waals surface area contributed by atoms with Crippen molar-refractivity contribution < 1.29 is 22.3 Å². The Morgan fingerprint density at radius 1 is 1.35 bits per heavy atom. The van der Waals surface area contributed by atoms with Crippen molar-refractivity contribution in [3.63, 3.8) is 0 Å². The van der Waals surface area contributed by atoms with Crippen molar-refractivity contribution in [3.8, 4) is 0 Å². The number of carbonyl (C=O) groups is 1. The molecule has 0 aromatic heterocycles. The van der Waals surface area contributed by atoms with Gasteiger partial charge in [-0.15, -0.1) is 0 Å². The third kappa shape index (κ3) is 4.90. The molecule has 0 unspecified atom stereocenters. The van der Waals surface area contributed by atoms with E-state index in [-0.39, 0.29) is 4.90 Å². The maximum Gasteiger partial charge on any atom is 0.324 e. The van der Waals surface area contributed by atoms with Gasteiger partial charge < -0.3 is 4.74 Å². The lowest BCUT2D eigenvalue weighted by molar-refractivity contribution is -0.156. The minimum atomic E-state index is -3.97. The summed E-state index contributed by atoms with van der Waals surface area (Å²) >= 11 is 0. The first-order valence-corrected chi connectivity index (χ1v) is 7.50. The van der Waals surface area contributed by atoms with Gasteiger partial charge in [-0.3, -0.25) is 4.79 Å². The number of hydrogen-bond donors (Lipinski definition) is 1. The fraction of sp³-hybridized carbons (Fsp3) is 0.462. The molecule has 5 nitrogen and oxygen atoms in total. The van der Waals surface area contributed by atoms with Gasteiger partial charge in [-0.1, -0.05) is 6.07 Å². The highest BCUT2D eigenvalue weighted by molar-refractivity contribution is 7.89. The van der Waals surface area contributed by atoms with Crippen LogP contribution in [0.3, 0.4) is 0 Å². The fourth-order valence-electron chi connectivity index (χ4n) is 1.37. The number of ether oxygens (including phenoxy) is 1. The third-order valence-electron chi connectivity index (χ3n) is 2.20. The molecule has 1 rings (SSSR count). The van der Waals surface area contributed by atoms with Crippen LogP contribution in [0.2, 0.25) is 0 Å². The lowest BCUT2D eigenvalue weighted by Crippen LogP contribution is -2.42. The van der Waals surface area contributed by atoms with Gasteiger partial charge in [-0.2, -0.15) is 4.72 Å². The second kappa shape index (κ2) is 5.88. The molecule has 112 valence electrons. The molecule has 0 saturated heterocycles. The monoisotopic (exact) mass is 303 g/mol. The Kier molecular flexibility index (Phi) is 4.88. The summed E-state index contributed by atoms with van der Waals surface area (Å²) in [5.41, 5.74) is -0.713. The second-order valence-electron chi connectivity index (χ2n) is 5.33. The van der Waals surface area contributed by atoms with Crippen molar-refractivity contribution in [2.24, 2.45) is 0 Å². The van der Waals surface area contributed by atoms with Crippen molar-refractivity contribution in [2.45, 2.75) is 44.2 Å². The minimum Gasteiger partial charge on any atom is -0.459 e. The minimum absolute atomic E-state index is 0.243. The van der Waals surface area contributed by atoms with E-state index < -0.39 is 33.5 Å². The molecule has 0 amide bonds. The molecule has 0 aliphatic rings. The Morgan fingerprint density at radius 2 is 1.95 bits per heavy atom. The number of esters is 1. The molecule has 0 bridgehead atoms. The molecule has 0 radical (unpaired) electrons. The van der Waals surface area contributed by atoms with E-state index in [0.29, 0.717) is 0 Å². The highest BCUT2D eigenvalue weighted by Crippen LogP contribution is 2.13. The highest BCUT2D eigenvalue weighted by atomic mass is 32.2. The van der Waals surface area contributed by atoms with E-state index in [1.807, 2.05) is 0 Å². The van der Waals surface area contributed by atoms with Crippen LogP contribution < -0.4 is 4.72 Å². The summed E-state index contributed by atoms with van der Waals surface area (Å²) in [5, 5.41) is 0. The molecular weight excluding hydrogens is 285 g/mol. The zero-order valence-electron chi connectivity index (χ0n) is 11.8. The standard InChI is InChI=1S/C13H18FNO4S/c1-9(12(16)19-13(2,3)4)15-20(17,18)11-7-5-6-10(14)8-11/h5-9,15H,1-4H3/t9-/m1/s1. The van der Waals surface area contributed by atoms with Gasteiger partial charge >= 0.3 is 5.97 Å². The van der Waals surface area contributed by atoms with Crippen LogP contribution in [-0.2, 0) is 19.6 Å². The molecule has 0 aliphatic heterocycles. The molecule has 1 aromatic carbocycles. The van der Waals surface area contributed by atoms with Crippen LogP contribution in [0.25, 0.3) is 0 Å². The summed E-state index contributed by atoms with van der Waals surface area (Å²) < 4.78 is 44.2. The van der Waals surface area contributed by atoms with Gasteiger partial charge in [0.2, 0.25) is 10.0 Å². The van der Waals surface area contributed by atoms with E-state index in [1.165, 1.54) is 19.1 Å². The van der Waals surface area contributed by atoms with Crippen LogP contribution in [0.4, 0.5) is 4.39 Å². The zero-order chi connectivity index (χ0) is 15.6. The number of hydrogen-bond acceptors (Lipinski definition) is 4. The first-order valence-electron chi connectivity index (χ1n) is 6.02. The molecule has 1 atom stereocenters. The van der Waals surface area contributed by atoms with Crippen LogP contribution in [0.15, 0.2) is 29.2 Å². The van der Waals surface area contributed by atoms with E-state index >= 15 is 0 Å². The molecule has 0 heterocycles. The SMILES string of the molecule is C[C@@H](NS(=O)(=O)c1cccc(F)c1)C(=O)OC(C)(C)C. The van der Waals surface area contributed by atoms with Gasteiger partial charge in [-0.05, 0) is 45.9 Å². The summed E-state index contributed by atoms with van der Waals surface area (Å²) in [4.78, 5) is 11.5. The average molecular weight is 303 g/mol. The normalized spacial score (nSPS) is 13.8. The summed E-state index contributed by atoms with van der Waals surface area (Å²) in [6, 6.07) is 3.47. The molecule has 0 aliphatic carbocycles. The van der Waals surface area contributed by atoms with Crippen molar-refractivity contribution in [1.82, 2.24) is 4.72 Å². The number of benzene rings is 1. The van der Waals surface area contributed by atoms with E-state index in [0.717, 1.165) is 12.1 Å². The number of sulfonamides is 1. The number of carbonyl (C=O) groups excluding carboxylic acids is 1. The molecule has 0 saturated carbocycles. The van der Waals surface area contributed by atoms with Gasteiger partial charge in [-0.25, -0.2) is 12.8 Å². The molecule has 7 heteroatoms. The lowest BCUT2D eigenvalue weighted by atomic mass is 10.2. The Morgan fingerprint density at radius 3 is 2.45 bits per heavy atom. The van der Waals surface area contributed by atoms with Gasteiger partial charge in [0.1, 0.15) is 17.5 Å². The first kappa shape index (κ1) is 16.6. The maximum absolute atomic E-state index is 13.0. The largest absolute Gasteiger partial charge is 0.459 e. The summed E-state index contributed by atoms with van der Waals surface area (Å²) in [7, 11) is -3.97. The van der Waals surface area contributed by atoms with Crippen LogP contribution in [0.1, 0.15) is 27.7 Å². The van der Waals surface area contributed by atoms with Gasteiger partial charge in [0, 0.05) is 0 Å². The van der Waals surface area contributed by atoms with Crippen LogP contribution in [0.5, 0.6) is 0 Å². The van der Waals surface area contributed by atoms with Gasteiger partial charge in [0.15, 0.2) is 0 Å². The number of nitrogens with one attached hydrogen (secondary N) is 1. The zero-order valence-corrected chi connectivity index (χ0v) is 12.6. The molecule has 0 spiro atoms. The van der Waals surface area contributed by atoms with Crippen molar-refractivity contribution in [1.29, 1.82) is 0 Å². The van der Waals surface area contributed by atoms with E-state index in [2.05, 4.69) is 4.72 Å². The third-order valence-corrected chi connectivity index (χ3v) is 3.74. The van der Waals surface area contributed by atoms with Crippen LogP contribution >= 0.6 is 0 Å². The molecule has 0 fully saturated rings. The Hall–Kier alpha value is -1.47. The molecular formula is C13H18FNO4S. The predicted octanol–water partition coefficient (Wildman–Crippen LogP) is 1.83. The topological polar surface area (TPSA) is 72.5 Å². The van der Waals surface area contributed by atoms with Gasteiger partial charge in [0.25, 0.3) is 0 Å². The maximum atomic E-state index is 13.0. The molecule has 1 N–H and O–H groups in total. The average Bonchev–Trinajstić information content (AvgIpc) is 2.26. The fourth-order valence-corrected chi connectivity index (χ4v) is 2.60. The Bertz CT molecular complexity index is 593. The summed E-state index contributed by atoms with van der Waals surface area (Å²) in [6.45, 7) is 6.40. The smallest absolute Gasteiger partial charge is 0.324 e. The van der Waals surface area contributed by atoms with E-state index in [1.54, 1.807) is 20.8 Å². The molecule has 1 aromatic rings. The summed E-state index contributed by atoms with van der Waals surface area (Å²) in [5.74, 6) is -1.37. The first-order chi connectivity index (χ1) is 9.01. The summed E-state index contributed by atoms with van der Waals surface area (Å²) in [6.07, 6.45) is 0. The molecule has 20 heavy (non-hydrogen) atoms. The van der Waals surface area contributed by atoms with Crippen molar-refractivity contribution in [3.05, 3.63) is 30.1 Å². The number of halogens is 1.